The molecule has 0 spiro atoms. The number of ketones is 1. The van der Waals surface area contributed by atoms with E-state index in [0.717, 1.165) is 0 Å². The molecule has 0 saturated carbocycles. The van der Waals surface area contributed by atoms with E-state index >= 15 is 0 Å². The first-order chi connectivity index (χ1) is 12.5. The zero-order valence-electron chi connectivity index (χ0n) is 14.4. The first-order valence-corrected chi connectivity index (χ1v) is 7.75. The van der Waals surface area contributed by atoms with Crippen molar-refractivity contribution in [1.29, 1.82) is 0 Å². The topological polar surface area (TPSA) is 205 Å². The molecule has 0 heterocycles. The van der Waals surface area contributed by atoms with Crippen LogP contribution >= 0.6 is 0 Å². The van der Waals surface area contributed by atoms with Gasteiger partial charge in [-0.25, -0.2) is 4.79 Å². The van der Waals surface area contributed by atoms with Gasteiger partial charge in [0.1, 0.15) is 18.0 Å². The third kappa shape index (κ3) is 9.19. The summed E-state index contributed by atoms with van der Waals surface area (Å²) >= 11 is 0. The number of aliphatic hydroxyl groups excluding tert-OH is 4. The maximum absolute atomic E-state index is 11.7. The molecule has 0 amide bonds. The van der Waals surface area contributed by atoms with Gasteiger partial charge in [-0.05, 0) is 6.92 Å². The van der Waals surface area contributed by atoms with Gasteiger partial charge in [-0.1, -0.05) is 0 Å². The van der Waals surface area contributed by atoms with E-state index in [-0.39, 0.29) is 18.5 Å². The fourth-order valence-electron chi connectivity index (χ4n) is 1.78. The van der Waals surface area contributed by atoms with E-state index in [1.54, 1.807) is 0 Å². The first kappa shape index (κ1) is 24.6. The number of hydrogen-bond acceptors (Lipinski definition) is 11. The zero-order valence-corrected chi connectivity index (χ0v) is 14.4. The van der Waals surface area contributed by atoms with Crippen molar-refractivity contribution in [3.63, 3.8) is 0 Å². The van der Waals surface area contributed by atoms with Crippen molar-refractivity contribution in [1.82, 2.24) is 0 Å². The van der Waals surface area contributed by atoms with E-state index in [9.17, 15) is 39.3 Å². The number of aldehydes is 1. The number of ether oxygens (including phenoxy) is 2. The molecule has 12 heteroatoms. The Labute approximate surface area is 153 Å². The molecule has 0 fully saturated rings. The number of carboxylic acids is 1. The Morgan fingerprint density at radius 2 is 1.63 bits per heavy atom. The van der Waals surface area contributed by atoms with Gasteiger partial charge < -0.3 is 39.8 Å². The van der Waals surface area contributed by atoms with Crippen molar-refractivity contribution in [2.45, 2.75) is 56.7 Å². The van der Waals surface area contributed by atoms with Crippen molar-refractivity contribution in [3.8, 4) is 0 Å². The Morgan fingerprint density at radius 3 is 2.07 bits per heavy atom. The fourth-order valence-corrected chi connectivity index (χ4v) is 1.78. The number of hydrogen-bond donors (Lipinski definition) is 5. The second-order valence-electron chi connectivity index (χ2n) is 5.55. The molecule has 1 unspecified atom stereocenters. The molecule has 12 nitrogen and oxygen atoms in total. The number of carboxylic acid groups (broad SMARTS) is 1. The van der Waals surface area contributed by atoms with Crippen LogP contribution in [0.3, 0.4) is 0 Å². The normalized spacial score (nSPS) is 16.3. The Kier molecular flexibility index (Phi) is 11.0. The largest absolute Gasteiger partial charge is 0.481 e. The summed E-state index contributed by atoms with van der Waals surface area (Å²) in [6.45, 7) is 0.191. The average molecular weight is 394 g/mol. The number of esters is 2. The molecule has 0 saturated heterocycles. The Balaban J connectivity index is 5.32. The van der Waals surface area contributed by atoms with Gasteiger partial charge in [-0.15, -0.1) is 0 Å². The molecular formula is C15H22O12. The lowest BCUT2D eigenvalue weighted by Gasteiger charge is -2.29. The molecule has 0 aromatic carbocycles. The molecule has 0 aliphatic heterocycles. The predicted octanol–water partition coefficient (Wildman–Crippen LogP) is -3.07. The lowest BCUT2D eigenvalue weighted by atomic mass is 10.0. The van der Waals surface area contributed by atoms with Crippen LogP contribution in [-0.2, 0) is 33.4 Å². The summed E-state index contributed by atoms with van der Waals surface area (Å²) in [5.74, 6) is -4.52. The van der Waals surface area contributed by atoms with Crippen LogP contribution in [-0.4, -0.2) is 92.6 Å². The van der Waals surface area contributed by atoms with E-state index in [0.29, 0.717) is 0 Å². The van der Waals surface area contributed by atoms with Gasteiger partial charge in [0.15, 0.2) is 24.6 Å². The molecule has 0 aliphatic carbocycles. The molecule has 5 atom stereocenters. The maximum atomic E-state index is 11.7. The molecule has 5 N–H and O–H groups in total. The van der Waals surface area contributed by atoms with Crippen LogP contribution in [0.15, 0.2) is 0 Å². The van der Waals surface area contributed by atoms with Crippen LogP contribution < -0.4 is 0 Å². The molecule has 0 aromatic heterocycles. The van der Waals surface area contributed by atoms with Crippen LogP contribution in [0, 0.1) is 0 Å². The fraction of sp³-hybridized carbons (Fsp3) is 0.667. The highest BCUT2D eigenvalue weighted by Gasteiger charge is 2.39. The van der Waals surface area contributed by atoms with E-state index in [4.69, 9.17) is 14.9 Å². The third-order valence-electron chi connectivity index (χ3n) is 3.22. The second-order valence-corrected chi connectivity index (χ2v) is 5.55. The molecule has 0 radical (unpaired) electrons. The third-order valence-corrected chi connectivity index (χ3v) is 3.22. The Bertz CT molecular complexity index is 545. The Hall–Kier alpha value is -2.41. The summed E-state index contributed by atoms with van der Waals surface area (Å²) in [6.07, 6.45) is -11.9. The van der Waals surface area contributed by atoms with Gasteiger partial charge in [0.25, 0.3) is 0 Å². The lowest BCUT2D eigenvalue weighted by Crippen LogP contribution is -2.51. The molecule has 27 heavy (non-hydrogen) atoms. The lowest BCUT2D eigenvalue weighted by molar-refractivity contribution is -0.191. The molecule has 0 aliphatic rings. The maximum Gasteiger partial charge on any atom is 0.336 e. The molecule has 0 aromatic rings. The Morgan fingerprint density at radius 1 is 1.04 bits per heavy atom. The second kappa shape index (κ2) is 12.1. The highest BCUT2D eigenvalue weighted by atomic mass is 16.6. The summed E-state index contributed by atoms with van der Waals surface area (Å²) in [6, 6.07) is 0. The van der Waals surface area contributed by atoms with Crippen molar-refractivity contribution in [3.05, 3.63) is 0 Å². The zero-order chi connectivity index (χ0) is 21.1. The smallest absolute Gasteiger partial charge is 0.336 e. The minimum Gasteiger partial charge on any atom is -0.481 e. The highest BCUT2D eigenvalue weighted by Crippen LogP contribution is 2.14. The minimum atomic E-state index is -2.16. The van der Waals surface area contributed by atoms with Crippen molar-refractivity contribution in [2.75, 3.05) is 6.61 Å². The number of carbonyl (C=O) groups is 5. The van der Waals surface area contributed by atoms with Crippen LogP contribution in [0.5, 0.6) is 0 Å². The molecular weight excluding hydrogens is 372 g/mol. The van der Waals surface area contributed by atoms with Gasteiger partial charge >= 0.3 is 17.9 Å². The van der Waals surface area contributed by atoms with Crippen molar-refractivity contribution in [2.24, 2.45) is 0 Å². The van der Waals surface area contributed by atoms with Crippen LogP contribution in [0.25, 0.3) is 0 Å². The van der Waals surface area contributed by atoms with E-state index in [1.165, 1.54) is 6.92 Å². The summed E-state index contributed by atoms with van der Waals surface area (Å²) in [4.78, 5) is 56.0. The SMILES string of the molecule is CC(=O)CCC(=O)O[C@@H](C=O)[C@@H](OC(=O)C(O)CC(=O)O)[C@H](O)[C@H](O)CO. The summed E-state index contributed by atoms with van der Waals surface area (Å²) < 4.78 is 9.33. The van der Waals surface area contributed by atoms with E-state index < -0.39 is 67.9 Å². The highest BCUT2D eigenvalue weighted by molar-refractivity contribution is 5.82. The summed E-state index contributed by atoms with van der Waals surface area (Å²) in [7, 11) is 0. The summed E-state index contributed by atoms with van der Waals surface area (Å²) in [5.41, 5.74) is 0. The van der Waals surface area contributed by atoms with Crippen molar-refractivity contribution >= 4 is 30.0 Å². The number of aliphatic hydroxyl groups is 4. The van der Waals surface area contributed by atoms with Gasteiger partial charge in [0, 0.05) is 6.42 Å². The number of rotatable bonds is 13. The minimum absolute atomic E-state index is 0.0412. The monoisotopic (exact) mass is 394 g/mol. The molecule has 0 bridgehead atoms. The molecule has 0 rings (SSSR count). The van der Waals surface area contributed by atoms with Crippen LogP contribution in [0.2, 0.25) is 0 Å². The van der Waals surface area contributed by atoms with E-state index in [1.807, 2.05) is 0 Å². The first-order valence-electron chi connectivity index (χ1n) is 7.75. The molecule has 154 valence electrons. The van der Waals surface area contributed by atoms with Crippen LogP contribution in [0.4, 0.5) is 0 Å². The van der Waals surface area contributed by atoms with Gasteiger partial charge in [0.05, 0.1) is 19.4 Å². The quantitative estimate of drug-likeness (QED) is 0.156. The number of aliphatic carboxylic acids is 1. The van der Waals surface area contributed by atoms with E-state index in [2.05, 4.69) is 4.74 Å². The average Bonchev–Trinajstić information content (AvgIpc) is 2.60. The number of carbonyl (C=O) groups excluding carboxylic acids is 4. The van der Waals surface area contributed by atoms with Gasteiger partial charge in [0.2, 0.25) is 0 Å². The predicted molar refractivity (Wildman–Crippen MR) is 83.1 cm³/mol. The summed E-state index contributed by atoms with van der Waals surface area (Å²) in [5, 5.41) is 46.3. The standard InChI is InChI=1S/C15H22O12/c1-7(18)2-3-12(23)26-10(6-17)14(13(24)9(20)5-16)27-15(25)8(19)4-11(21)22/h6,8-10,13-14,16,19-20,24H,2-5H2,1H3,(H,21,22)/t8?,9-,10+,13-,14-/m1/s1. The van der Waals surface area contributed by atoms with Gasteiger partial charge in [-0.2, -0.15) is 0 Å². The number of Topliss-reactive ketones (excluding diaryl/α,β-unsaturated/α-hetero) is 1. The van der Waals surface area contributed by atoms with Gasteiger partial charge in [-0.3, -0.25) is 14.4 Å². The van der Waals surface area contributed by atoms with Crippen molar-refractivity contribution < 1.29 is 59.0 Å². The van der Waals surface area contributed by atoms with Crippen LogP contribution in [0.1, 0.15) is 26.2 Å².